The van der Waals surface area contributed by atoms with E-state index in [0.29, 0.717) is 0 Å². The maximum Gasteiger partial charge on any atom is 0.0582 e. The third-order valence-electron chi connectivity index (χ3n) is 3.10. The van der Waals surface area contributed by atoms with Gasteiger partial charge in [0.15, 0.2) is 0 Å². The van der Waals surface area contributed by atoms with Gasteiger partial charge in [-0.2, -0.15) is 0 Å². The van der Waals surface area contributed by atoms with Gasteiger partial charge in [-0.15, -0.1) is 0 Å². The highest BCUT2D eigenvalue weighted by molar-refractivity contribution is 5.44. The van der Waals surface area contributed by atoms with E-state index in [9.17, 15) is 5.11 Å². The first-order valence-electron chi connectivity index (χ1n) is 6.48. The number of hydrogen-bond donors (Lipinski definition) is 3. The minimum absolute atomic E-state index is 0.0200. The fraction of sp³-hybridized carbons (Fsp3) is 0.250. The molecule has 3 heteroatoms. The number of rotatable bonds is 5. The van der Waals surface area contributed by atoms with E-state index in [1.54, 1.807) is 0 Å². The summed E-state index contributed by atoms with van der Waals surface area (Å²) in [5, 5.41) is 12.7. The molecule has 0 fully saturated rings. The number of hydrogen-bond acceptors (Lipinski definition) is 3. The van der Waals surface area contributed by atoms with Crippen LogP contribution in [0.4, 0.5) is 5.69 Å². The highest BCUT2D eigenvalue weighted by atomic mass is 16.3. The van der Waals surface area contributed by atoms with E-state index in [2.05, 4.69) is 17.4 Å². The van der Waals surface area contributed by atoms with Gasteiger partial charge in [0.05, 0.1) is 12.6 Å². The Balaban J connectivity index is 2.34. The van der Waals surface area contributed by atoms with Crippen molar-refractivity contribution < 1.29 is 5.11 Å². The normalized spacial score (nSPS) is 14.0. The molecule has 2 unspecified atom stereocenters. The average Bonchev–Trinajstić information content (AvgIpc) is 2.45. The fourth-order valence-corrected chi connectivity index (χ4v) is 2.11. The number of aliphatic hydroxyl groups is 1. The standard InChI is InChI=1S/C16H20N2O/c1-12(11-19)18-16(13-6-3-2-4-7-13)14-8-5-9-15(17)10-14/h2-10,12,16,18-19H,11,17H2,1H3. The van der Waals surface area contributed by atoms with Crippen molar-refractivity contribution in [2.75, 3.05) is 12.3 Å². The highest BCUT2D eigenvalue weighted by Crippen LogP contribution is 2.24. The van der Waals surface area contributed by atoms with Crippen LogP contribution in [-0.4, -0.2) is 17.8 Å². The molecule has 0 heterocycles. The zero-order chi connectivity index (χ0) is 13.7. The van der Waals surface area contributed by atoms with E-state index < -0.39 is 0 Å². The van der Waals surface area contributed by atoms with Crippen LogP contribution < -0.4 is 11.1 Å². The van der Waals surface area contributed by atoms with Crippen LogP contribution in [0.25, 0.3) is 0 Å². The largest absolute Gasteiger partial charge is 0.399 e. The first-order valence-corrected chi connectivity index (χ1v) is 6.48. The van der Waals surface area contributed by atoms with Crippen LogP contribution in [0.15, 0.2) is 54.6 Å². The number of nitrogens with one attached hydrogen (secondary N) is 1. The molecule has 0 aliphatic rings. The zero-order valence-corrected chi connectivity index (χ0v) is 11.1. The second-order valence-electron chi connectivity index (χ2n) is 4.76. The number of anilines is 1. The van der Waals surface area contributed by atoms with Crippen molar-refractivity contribution in [3.63, 3.8) is 0 Å². The molecule has 4 N–H and O–H groups in total. The molecule has 0 radical (unpaired) electrons. The molecule has 100 valence electrons. The SMILES string of the molecule is CC(CO)NC(c1ccccc1)c1cccc(N)c1. The summed E-state index contributed by atoms with van der Waals surface area (Å²) in [6, 6.07) is 18.1. The molecule has 0 saturated heterocycles. The van der Waals surface area contributed by atoms with Gasteiger partial charge < -0.3 is 16.2 Å². The Morgan fingerprint density at radius 1 is 1.05 bits per heavy atom. The molecule has 19 heavy (non-hydrogen) atoms. The van der Waals surface area contributed by atoms with Crippen LogP contribution in [0.3, 0.4) is 0 Å². The van der Waals surface area contributed by atoms with Gasteiger partial charge in [0.2, 0.25) is 0 Å². The lowest BCUT2D eigenvalue weighted by molar-refractivity contribution is 0.245. The summed E-state index contributed by atoms with van der Waals surface area (Å²) in [7, 11) is 0. The second-order valence-corrected chi connectivity index (χ2v) is 4.76. The van der Waals surface area contributed by atoms with E-state index >= 15 is 0 Å². The highest BCUT2D eigenvalue weighted by Gasteiger charge is 2.16. The van der Waals surface area contributed by atoms with Gasteiger partial charge in [-0.3, -0.25) is 0 Å². The molecule has 0 spiro atoms. The first kappa shape index (κ1) is 13.6. The van der Waals surface area contributed by atoms with Crippen molar-refractivity contribution in [2.24, 2.45) is 0 Å². The quantitative estimate of drug-likeness (QED) is 0.720. The molecule has 2 atom stereocenters. The summed E-state index contributed by atoms with van der Waals surface area (Å²) in [6.07, 6.45) is 0. The van der Waals surface area contributed by atoms with Crippen LogP contribution in [0.2, 0.25) is 0 Å². The van der Waals surface area contributed by atoms with Crippen molar-refractivity contribution >= 4 is 5.69 Å². The Bertz CT molecular complexity index is 513. The molecule has 0 aromatic heterocycles. The molecular weight excluding hydrogens is 236 g/mol. The first-order chi connectivity index (χ1) is 9.20. The minimum Gasteiger partial charge on any atom is -0.399 e. The predicted molar refractivity (Wildman–Crippen MR) is 78.8 cm³/mol. The van der Waals surface area contributed by atoms with Crippen molar-refractivity contribution in [3.05, 3.63) is 65.7 Å². The minimum atomic E-state index is 0.0200. The summed E-state index contributed by atoms with van der Waals surface area (Å²) in [4.78, 5) is 0. The van der Waals surface area contributed by atoms with Gasteiger partial charge in [0, 0.05) is 11.7 Å². The fourth-order valence-electron chi connectivity index (χ4n) is 2.11. The number of nitrogens with two attached hydrogens (primary N) is 1. The van der Waals surface area contributed by atoms with Gasteiger partial charge in [-0.05, 0) is 30.2 Å². The van der Waals surface area contributed by atoms with E-state index in [0.717, 1.165) is 16.8 Å². The van der Waals surface area contributed by atoms with Crippen LogP contribution in [0.5, 0.6) is 0 Å². The van der Waals surface area contributed by atoms with Crippen molar-refractivity contribution in [1.29, 1.82) is 0 Å². The molecule has 0 aliphatic heterocycles. The molecule has 0 aliphatic carbocycles. The van der Waals surface area contributed by atoms with Crippen molar-refractivity contribution in [2.45, 2.75) is 19.0 Å². The van der Waals surface area contributed by atoms with E-state index in [4.69, 9.17) is 5.73 Å². The summed E-state index contributed by atoms with van der Waals surface area (Å²) in [5.41, 5.74) is 8.87. The van der Waals surface area contributed by atoms with Crippen molar-refractivity contribution in [1.82, 2.24) is 5.32 Å². The maximum absolute atomic E-state index is 9.24. The van der Waals surface area contributed by atoms with Gasteiger partial charge in [-0.25, -0.2) is 0 Å². The smallest absolute Gasteiger partial charge is 0.0582 e. The number of benzene rings is 2. The third-order valence-corrected chi connectivity index (χ3v) is 3.10. The lowest BCUT2D eigenvalue weighted by Gasteiger charge is -2.23. The Hall–Kier alpha value is -1.84. The summed E-state index contributed by atoms with van der Waals surface area (Å²) in [5.74, 6) is 0. The van der Waals surface area contributed by atoms with E-state index in [1.807, 2.05) is 49.4 Å². The average molecular weight is 256 g/mol. The third kappa shape index (κ3) is 3.56. The van der Waals surface area contributed by atoms with Gasteiger partial charge in [-0.1, -0.05) is 42.5 Å². The molecule has 2 aromatic carbocycles. The Morgan fingerprint density at radius 2 is 1.74 bits per heavy atom. The topological polar surface area (TPSA) is 58.3 Å². The monoisotopic (exact) mass is 256 g/mol. The molecule has 0 bridgehead atoms. The lowest BCUT2D eigenvalue weighted by atomic mass is 9.97. The molecule has 2 aromatic rings. The van der Waals surface area contributed by atoms with Crippen molar-refractivity contribution in [3.8, 4) is 0 Å². The predicted octanol–water partition coefficient (Wildman–Crippen LogP) is 2.33. The Morgan fingerprint density at radius 3 is 2.37 bits per heavy atom. The van der Waals surface area contributed by atoms with Gasteiger partial charge >= 0.3 is 0 Å². The zero-order valence-electron chi connectivity index (χ0n) is 11.1. The second kappa shape index (κ2) is 6.36. The van der Waals surface area contributed by atoms with E-state index in [1.165, 1.54) is 0 Å². The Labute approximate surface area is 114 Å². The summed E-state index contributed by atoms with van der Waals surface area (Å²) in [6.45, 7) is 2.06. The molecule has 0 amide bonds. The lowest BCUT2D eigenvalue weighted by Crippen LogP contribution is -2.33. The molecular formula is C16H20N2O. The van der Waals surface area contributed by atoms with Crippen LogP contribution in [0, 0.1) is 0 Å². The summed E-state index contributed by atoms with van der Waals surface area (Å²) >= 11 is 0. The number of aliphatic hydroxyl groups excluding tert-OH is 1. The summed E-state index contributed by atoms with van der Waals surface area (Å²) < 4.78 is 0. The van der Waals surface area contributed by atoms with Crippen LogP contribution in [0.1, 0.15) is 24.1 Å². The van der Waals surface area contributed by atoms with Crippen LogP contribution >= 0.6 is 0 Å². The number of nitrogen functional groups attached to an aromatic ring is 1. The van der Waals surface area contributed by atoms with Crippen LogP contribution in [-0.2, 0) is 0 Å². The van der Waals surface area contributed by atoms with Gasteiger partial charge in [0.1, 0.15) is 0 Å². The Kier molecular flexibility index (Phi) is 4.55. The molecule has 3 nitrogen and oxygen atoms in total. The van der Waals surface area contributed by atoms with Gasteiger partial charge in [0.25, 0.3) is 0 Å². The maximum atomic E-state index is 9.24. The molecule has 2 rings (SSSR count). The van der Waals surface area contributed by atoms with E-state index in [-0.39, 0.29) is 18.7 Å². The molecule has 0 saturated carbocycles.